The fraction of sp³-hybridized carbons (Fsp3) is 0.875. The number of rotatable bonds is 6. The molecule has 5 nitrogen and oxygen atoms in total. The molecule has 124 valence electrons. The molecule has 0 saturated carbocycles. The molecule has 1 atom stereocenters. The van der Waals surface area contributed by atoms with Crippen LogP contribution in [0.3, 0.4) is 0 Å². The van der Waals surface area contributed by atoms with Crippen LogP contribution in [0.2, 0.25) is 0 Å². The first kappa shape index (κ1) is 19.7. The van der Waals surface area contributed by atoms with E-state index in [1.165, 1.54) is 0 Å². The number of amides is 2. The molecule has 0 saturated heterocycles. The van der Waals surface area contributed by atoms with E-state index in [0.717, 1.165) is 0 Å². The summed E-state index contributed by atoms with van der Waals surface area (Å²) >= 11 is 0. The van der Waals surface area contributed by atoms with Gasteiger partial charge in [-0.05, 0) is 39.5 Å². The van der Waals surface area contributed by atoms with Crippen molar-refractivity contribution in [3.63, 3.8) is 0 Å². The molecule has 1 unspecified atom stereocenters. The summed E-state index contributed by atoms with van der Waals surface area (Å²) in [5, 5.41) is 5.78. The summed E-state index contributed by atoms with van der Waals surface area (Å²) in [7, 11) is 0. The lowest BCUT2D eigenvalue weighted by atomic mass is 9.88. The molecule has 0 fully saturated rings. The fourth-order valence-corrected chi connectivity index (χ4v) is 1.70. The zero-order valence-electron chi connectivity index (χ0n) is 14.8. The molecule has 2 amide bonds. The number of nitrogens with one attached hydrogen (secondary N) is 2. The Hall–Kier alpha value is -1.26. The quantitative estimate of drug-likeness (QED) is 0.792. The Balaban J connectivity index is 4.60. The summed E-state index contributed by atoms with van der Waals surface area (Å²) < 4.78 is 5.22. The minimum absolute atomic E-state index is 0.00666. The summed E-state index contributed by atoms with van der Waals surface area (Å²) in [6, 6.07) is 0. The number of ether oxygens (including phenoxy) is 1. The summed E-state index contributed by atoms with van der Waals surface area (Å²) in [5.74, 6) is 0.496. The first-order valence-corrected chi connectivity index (χ1v) is 7.63. The lowest BCUT2D eigenvalue weighted by molar-refractivity contribution is -0.124. The Bertz CT molecular complexity index is 359. The molecule has 5 heteroatoms. The van der Waals surface area contributed by atoms with Gasteiger partial charge in [-0.25, -0.2) is 4.79 Å². The van der Waals surface area contributed by atoms with Crippen molar-refractivity contribution in [2.75, 3.05) is 6.54 Å². The average Bonchev–Trinajstić information content (AvgIpc) is 2.22. The largest absolute Gasteiger partial charge is 0.444 e. The average molecular weight is 300 g/mol. The summed E-state index contributed by atoms with van der Waals surface area (Å²) in [4.78, 5) is 23.7. The molecule has 0 aromatic heterocycles. The smallest absolute Gasteiger partial charge is 0.407 e. The highest BCUT2D eigenvalue weighted by Crippen LogP contribution is 2.17. The minimum Gasteiger partial charge on any atom is -0.444 e. The van der Waals surface area contributed by atoms with Gasteiger partial charge >= 0.3 is 6.09 Å². The third-order valence-corrected chi connectivity index (χ3v) is 3.29. The Morgan fingerprint density at radius 1 is 1.05 bits per heavy atom. The molecule has 0 aliphatic carbocycles. The summed E-state index contributed by atoms with van der Waals surface area (Å²) in [6.45, 7) is 15.8. The van der Waals surface area contributed by atoms with Crippen LogP contribution in [0, 0.1) is 11.8 Å². The second kappa shape index (κ2) is 7.66. The highest BCUT2D eigenvalue weighted by Gasteiger charge is 2.31. The topological polar surface area (TPSA) is 67.4 Å². The van der Waals surface area contributed by atoms with Gasteiger partial charge in [0, 0.05) is 13.0 Å². The lowest BCUT2D eigenvalue weighted by Gasteiger charge is -2.35. The van der Waals surface area contributed by atoms with Crippen molar-refractivity contribution in [2.45, 2.75) is 73.0 Å². The number of carbonyl (C=O) groups is 2. The Morgan fingerprint density at radius 2 is 1.57 bits per heavy atom. The van der Waals surface area contributed by atoms with E-state index in [4.69, 9.17) is 4.74 Å². The van der Waals surface area contributed by atoms with Crippen molar-refractivity contribution < 1.29 is 14.3 Å². The van der Waals surface area contributed by atoms with Crippen LogP contribution in [0.1, 0.15) is 61.8 Å². The van der Waals surface area contributed by atoms with Crippen molar-refractivity contribution in [3.05, 3.63) is 0 Å². The fourth-order valence-electron chi connectivity index (χ4n) is 1.70. The maximum atomic E-state index is 12.0. The van der Waals surface area contributed by atoms with Gasteiger partial charge in [0.2, 0.25) is 5.91 Å². The van der Waals surface area contributed by atoms with E-state index in [1.54, 1.807) is 0 Å². The molecule has 0 rings (SSSR count). The van der Waals surface area contributed by atoms with Crippen molar-refractivity contribution >= 4 is 12.0 Å². The maximum Gasteiger partial charge on any atom is 0.407 e. The molecule has 0 heterocycles. The van der Waals surface area contributed by atoms with E-state index in [9.17, 15) is 9.59 Å². The van der Waals surface area contributed by atoms with Crippen molar-refractivity contribution in [1.82, 2.24) is 10.6 Å². The van der Waals surface area contributed by atoms with E-state index < -0.39 is 17.2 Å². The first-order chi connectivity index (χ1) is 9.35. The number of hydrogen-bond donors (Lipinski definition) is 2. The maximum absolute atomic E-state index is 12.0. The second-order valence-corrected chi connectivity index (χ2v) is 7.57. The van der Waals surface area contributed by atoms with E-state index >= 15 is 0 Å². The molecule has 0 bridgehead atoms. The second-order valence-electron chi connectivity index (χ2n) is 7.57. The zero-order chi connectivity index (χ0) is 16.8. The molecular weight excluding hydrogens is 268 g/mol. The number of hydrogen-bond acceptors (Lipinski definition) is 3. The molecule has 2 N–H and O–H groups in total. The third kappa shape index (κ3) is 8.58. The number of carbonyl (C=O) groups excluding carboxylic acids is 2. The highest BCUT2D eigenvalue weighted by molar-refractivity contribution is 5.77. The molecule has 0 aromatic carbocycles. The van der Waals surface area contributed by atoms with Crippen LogP contribution in [0.5, 0.6) is 0 Å². The predicted octanol–water partition coefficient (Wildman–Crippen LogP) is 3.09. The standard InChI is InChI=1S/C16H32N2O3/c1-11(2)9-13(19)18-16(8,12(3)4)10-17-14(20)21-15(5,6)7/h11-12H,9-10H2,1-8H3,(H,17,20)(H,18,19). The molecule has 0 spiro atoms. The van der Waals surface area contributed by atoms with Gasteiger partial charge in [-0.15, -0.1) is 0 Å². The van der Waals surface area contributed by atoms with Crippen LogP contribution in [0.4, 0.5) is 4.79 Å². The van der Waals surface area contributed by atoms with Gasteiger partial charge in [0.05, 0.1) is 5.54 Å². The first-order valence-electron chi connectivity index (χ1n) is 7.63. The van der Waals surface area contributed by atoms with Crippen molar-refractivity contribution in [1.29, 1.82) is 0 Å². The zero-order valence-corrected chi connectivity index (χ0v) is 14.8. The van der Waals surface area contributed by atoms with Gasteiger partial charge in [-0.3, -0.25) is 4.79 Å². The third-order valence-electron chi connectivity index (χ3n) is 3.29. The molecule has 0 aliphatic rings. The Labute approximate surface area is 129 Å². The molecule has 21 heavy (non-hydrogen) atoms. The van der Waals surface area contributed by atoms with Crippen LogP contribution >= 0.6 is 0 Å². The van der Waals surface area contributed by atoms with Crippen LogP contribution < -0.4 is 10.6 Å². The van der Waals surface area contributed by atoms with Gasteiger partial charge in [-0.2, -0.15) is 0 Å². The minimum atomic E-state index is -0.529. The van der Waals surface area contributed by atoms with Gasteiger partial charge in [0.15, 0.2) is 0 Å². The molecule has 0 aromatic rings. The Kier molecular flexibility index (Phi) is 7.20. The van der Waals surface area contributed by atoms with Crippen LogP contribution in [-0.2, 0) is 9.53 Å². The van der Waals surface area contributed by atoms with Gasteiger partial charge in [0.25, 0.3) is 0 Å². The van der Waals surface area contributed by atoms with Crippen molar-refractivity contribution in [3.8, 4) is 0 Å². The van der Waals surface area contributed by atoms with E-state index in [2.05, 4.69) is 10.6 Å². The Morgan fingerprint density at radius 3 is 1.95 bits per heavy atom. The van der Waals surface area contributed by atoms with Crippen LogP contribution in [0.25, 0.3) is 0 Å². The van der Waals surface area contributed by atoms with E-state index in [-0.39, 0.29) is 11.8 Å². The van der Waals surface area contributed by atoms with E-state index in [1.807, 2.05) is 55.4 Å². The van der Waals surface area contributed by atoms with Crippen molar-refractivity contribution in [2.24, 2.45) is 11.8 Å². The predicted molar refractivity (Wildman–Crippen MR) is 85.1 cm³/mol. The van der Waals surface area contributed by atoms with Gasteiger partial charge < -0.3 is 15.4 Å². The normalized spacial score (nSPS) is 14.8. The lowest BCUT2D eigenvalue weighted by Crippen LogP contribution is -2.57. The van der Waals surface area contributed by atoms with E-state index in [0.29, 0.717) is 18.9 Å². The van der Waals surface area contributed by atoms with Crippen LogP contribution in [0.15, 0.2) is 0 Å². The summed E-state index contributed by atoms with van der Waals surface area (Å²) in [5.41, 5.74) is -1.03. The highest BCUT2D eigenvalue weighted by atomic mass is 16.6. The van der Waals surface area contributed by atoms with Gasteiger partial charge in [0.1, 0.15) is 5.60 Å². The summed E-state index contributed by atoms with van der Waals surface area (Å²) in [6.07, 6.45) is 0.0156. The monoisotopic (exact) mass is 300 g/mol. The molecule has 0 aliphatic heterocycles. The number of alkyl carbamates (subject to hydrolysis) is 1. The van der Waals surface area contributed by atoms with Gasteiger partial charge in [-0.1, -0.05) is 27.7 Å². The molecule has 0 radical (unpaired) electrons. The SMILES string of the molecule is CC(C)CC(=O)NC(C)(CNC(=O)OC(C)(C)C)C(C)C. The van der Waals surface area contributed by atoms with Crippen LogP contribution in [-0.4, -0.2) is 29.7 Å². The molecular formula is C16H32N2O3.